The Bertz CT molecular complexity index is 596. The second-order valence-corrected chi connectivity index (χ2v) is 5.47. The number of hydrogen-bond acceptors (Lipinski definition) is 6. The number of aromatic amines is 1. The summed E-state index contributed by atoms with van der Waals surface area (Å²) in [7, 11) is 0. The van der Waals surface area contributed by atoms with Crippen molar-refractivity contribution in [3.8, 4) is 0 Å². The van der Waals surface area contributed by atoms with Gasteiger partial charge in [-0.1, -0.05) is 0 Å². The Morgan fingerprint density at radius 1 is 1.48 bits per heavy atom. The number of fused-ring (bicyclic) bond motifs is 1. The minimum absolute atomic E-state index is 0.254. The molecule has 1 unspecified atom stereocenters. The molecular formula is C14H22N6O. The molecule has 21 heavy (non-hydrogen) atoms. The van der Waals surface area contributed by atoms with Crippen LogP contribution in [0.4, 0.5) is 11.8 Å². The van der Waals surface area contributed by atoms with Crippen LogP contribution < -0.4 is 10.2 Å². The average molecular weight is 290 g/mol. The lowest BCUT2D eigenvalue weighted by atomic mass is 9.95. The smallest absolute Gasteiger partial charge is 0.226 e. The standard InChI is InChI=1S/C14H22N6O/c1-2-15-14-18-12-11(16-9-17-12)13(19-14)20-6-3-4-10(8-20)5-7-21/h9-10,21H,2-8H2,1H3,(H2,15,16,17,18,19). The van der Waals surface area contributed by atoms with Crippen LogP contribution in [0.3, 0.4) is 0 Å². The molecule has 1 aliphatic heterocycles. The average Bonchev–Trinajstić information content (AvgIpc) is 2.96. The molecule has 114 valence electrons. The van der Waals surface area contributed by atoms with E-state index in [2.05, 4.69) is 30.2 Å². The number of aliphatic hydroxyl groups is 1. The molecule has 3 rings (SSSR count). The third-order valence-electron chi connectivity index (χ3n) is 3.96. The third-order valence-corrected chi connectivity index (χ3v) is 3.96. The number of rotatable bonds is 5. The first-order valence-electron chi connectivity index (χ1n) is 7.62. The molecule has 0 radical (unpaired) electrons. The van der Waals surface area contributed by atoms with Crippen molar-refractivity contribution in [3.63, 3.8) is 0 Å². The largest absolute Gasteiger partial charge is 0.396 e. The first kappa shape index (κ1) is 14.1. The van der Waals surface area contributed by atoms with Crippen molar-refractivity contribution in [2.24, 2.45) is 5.92 Å². The first-order chi connectivity index (χ1) is 10.3. The minimum atomic E-state index is 0.254. The highest BCUT2D eigenvalue weighted by molar-refractivity contribution is 5.84. The van der Waals surface area contributed by atoms with Crippen LogP contribution >= 0.6 is 0 Å². The molecule has 2 aromatic heterocycles. The van der Waals surface area contributed by atoms with E-state index in [0.29, 0.717) is 17.5 Å². The molecule has 3 heterocycles. The van der Waals surface area contributed by atoms with Crippen LogP contribution in [0, 0.1) is 5.92 Å². The lowest BCUT2D eigenvalue weighted by molar-refractivity contribution is 0.244. The van der Waals surface area contributed by atoms with Gasteiger partial charge in [-0.15, -0.1) is 0 Å². The van der Waals surface area contributed by atoms with E-state index in [0.717, 1.165) is 43.8 Å². The van der Waals surface area contributed by atoms with Crippen molar-refractivity contribution in [1.29, 1.82) is 0 Å². The van der Waals surface area contributed by atoms with Crippen LogP contribution in [0.2, 0.25) is 0 Å². The van der Waals surface area contributed by atoms with Crippen molar-refractivity contribution >= 4 is 22.9 Å². The minimum Gasteiger partial charge on any atom is -0.396 e. The predicted octanol–water partition coefficient (Wildman–Crippen LogP) is 1.38. The number of imidazole rings is 1. The molecule has 1 saturated heterocycles. The van der Waals surface area contributed by atoms with E-state index in [1.54, 1.807) is 6.33 Å². The van der Waals surface area contributed by atoms with Gasteiger partial charge in [0.2, 0.25) is 5.95 Å². The summed E-state index contributed by atoms with van der Waals surface area (Å²) in [5, 5.41) is 12.3. The summed E-state index contributed by atoms with van der Waals surface area (Å²) in [6.45, 7) is 4.97. The van der Waals surface area contributed by atoms with Crippen molar-refractivity contribution in [2.45, 2.75) is 26.2 Å². The Kier molecular flexibility index (Phi) is 4.19. The summed E-state index contributed by atoms with van der Waals surface area (Å²) >= 11 is 0. The third kappa shape index (κ3) is 2.92. The molecule has 2 aromatic rings. The van der Waals surface area contributed by atoms with Gasteiger partial charge in [-0.3, -0.25) is 0 Å². The Labute approximate surface area is 123 Å². The van der Waals surface area contributed by atoms with E-state index in [1.165, 1.54) is 6.42 Å². The number of hydrogen-bond donors (Lipinski definition) is 3. The highest BCUT2D eigenvalue weighted by atomic mass is 16.3. The number of piperidine rings is 1. The van der Waals surface area contributed by atoms with Gasteiger partial charge in [0.25, 0.3) is 0 Å². The maximum absolute atomic E-state index is 9.16. The molecule has 7 nitrogen and oxygen atoms in total. The lowest BCUT2D eigenvalue weighted by Gasteiger charge is -2.33. The molecule has 1 aliphatic rings. The van der Waals surface area contributed by atoms with Gasteiger partial charge in [0.15, 0.2) is 11.5 Å². The molecule has 3 N–H and O–H groups in total. The monoisotopic (exact) mass is 290 g/mol. The number of nitrogens with zero attached hydrogens (tertiary/aromatic N) is 4. The highest BCUT2D eigenvalue weighted by Crippen LogP contribution is 2.28. The van der Waals surface area contributed by atoms with E-state index < -0.39 is 0 Å². The van der Waals surface area contributed by atoms with E-state index >= 15 is 0 Å². The van der Waals surface area contributed by atoms with Crippen molar-refractivity contribution in [3.05, 3.63) is 6.33 Å². The number of anilines is 2. The summed E-state index contributed by atoms with van der Waals surface area (Å²) in [4.78, 5) is 18.7. The first-order valence-corrected chi connectivity index (χ1v) is 7.62. The van der Waals surface area contributed by atoms with Gasteiger partial charge in [0.05, 0.1) is 6.33 Å². The van der Waals surface area contributed by atoms with Gasteiger partial charge in [-0.05, 0) is 32.1 Å². The maximum Gasteiger partial charge on any atom is 0.226 e. The fourth-order valence-electron chi connectivity index (χ4n) is 2.96. The van der Waals surface area contributed by atoms with Gasteiger partial charge in [-0.2, -0.15) is 9.97 Å². The molecular weight excluding hydrogens is 268 g/mol. The Morgan fingerprint density at radius 3 is 3.19 bits per heavy atom. The summed E-state index contributed by atoms with van der Waals surface area (Å²) in [5.41, 5.74) is 1.58. The second kappa shape index (κ2) is 6.26. The highest BCUT2D eigenvalue weighted by Gasteiger charge is 2.23. The molecule has 0 amide bonds. The van der Waals surface area contributed by atoms with E-state index in [-0.39, 0.29) is 6.61 Å². The molecule has 0 spiro atoms. The Balaban J connectivity index is 1.92. The molecule has 1 fully saturated rings. The van der Waals surface area contributed by atoms with Gasteiger partial charge in [-0.25, -0.2) is 4.98 Å². The van der Waals surface area contributed by atoms with Crippen LogP contribution in [0.15, 0.2) is 6.33 Å². The van der Waals surface area contributed by atoms with Crippen molar-refractivity contribution in [1.82, 2.24) is 19.9 Å². The van der Waals surface area contributed by atoms with Crippen molar-refractivity contribution in [2.75, 3.05) is 36.5 Å². The van der Waals surface area contributed by atoms with Crippen LogP contribution in [0.1, 0.15) is 26.2 Å². The summed E-state index contributed by atoms with van der Waals surface area (Å²) in [5.74, 6) is 2.06. The zero-order chi connectivity index (χ0) is 14.7. The Morgan fingerprint density at radius 2 is 2.38 bits per heavy atom. The van der Waals surface area contributed by atoms with Gasteiger partial charge in [0, 0.05) is 26.2 Å². The molecule has 0 aliphatic carbocycles. The maximum atomic E-state index is 9.16. The van der Waals surface area contributed by atoms with E-state index in [1.807, 2.05) is 6.92 Å². The molecule has 0 aromatic carbocycles. The summed E-state index contributed by atoms with van der Waals surface area (Å²) in [6, 6.07) is 0. The zero-order valence-electron chi connectivity index (χ0n) is 12.3. The molecule has 0 bridgehead atoms. The lowest BCUT2D eigenvalue weighted by Crippen LogP contribution is -2.36. The molecule has 7 heteroatoms. The number of nitrogens with one attached hydrogen (secondary N) is 2. The van der Waals surface area contributed by atoms with E-state index in [4.69, 9.17) is 5.11 Å². The van der Waals surface area contributed by atoms with Crippen LogP contribution in [0.5, 0.6) is 0 Å². The van der Waals surface area contributed by atoms with Crippen LogP contribution in [-0.2, 0) is 0 Å². The molecule has 0 saturated carbocycles. The number of H-pyrrole nitrogens is 1. The molecule has 1 atom stereocenters. The quantitative estimate of drug-likeness (QED) is 0.771. The second-order valence-electron chi connectivity index (χ2n) is 5.47. The topological polar surface area (TPSA) is 90.0 Å². The van der Waals surface area contributed by atoms with Gasteiger partial charge in [0.1, 0.15) is 5.52 Å². The number of aliphatic hydroxyl groups excluding tert-OH is 1. The van der Waals surface area contributed by atoms with Crippen LogP contribution in [0.25, 0.3) is 11.2 Å². The van der Waals surface area contributed by atoms with Gasteiger partial charge < -0.3 is 20.3 Å². The normalized spacial score (nSPS) is 19.1. The van der Waals surface area contributed by atoms with Crippen LogP contribution in [-0.4, -0.2) is 51.3 Å². The fraction of sp³-hybridized carbons (Fsp3) is 0.643. The SMILES string of the molecule is CCNc1nc(N2CCCC(CCO)C2)c2[nH]cnc2n1. The van der Waals surface area contributed by atoms with Crippen molar-refractivity contribution < 1.29 is 5.11 Å². The zero-order valence-corrected chi connectivity index (χ0v) is 12.3. The van der Waals surface area contributed by atoms with Gasteiger partial charge >= 0.3 is 0 Å². The van der Waals surface area contributed by atoms with E-state index in [9.17, 15) is 0 Å². The summed E-state index contributed by atoms with van der Waals surface area (Å²) in [6.07, 6.45) is 4.82. The Hall–Kier alpha value is -1.89. The summed E-state index contributed by atoms with van der Waals surface area (Å²) < 4.78 is 0. The predicted molar refractivity (Wildman–Crippen MR) is 82.5 cm³/mol. The fourth-order valence-corrected chi connectivity index (χ4v) is 2.96. The number of aromatic nitrogens is 4.